The second-order valence-electron chi connectivity index (χ2n) is 4.78. The molecular weight excluding hydrogens is 284 g/mol. The van der Waals surface area contributed by atoms with E-state index in [0.29, 0.717) is 17.8 Å². The highest BCUT2D eigenvalue weighted by Crippen LogP contribution is 2.19. The average molecular weight is 306 g/mol. The van der Waals surface area contributed by atoms with E-state index in [0.717, 1.165) is 19.6 Å². The van der Waals surface area contributed by atoms with Crippen molar-refractivity contribution >= 4 is 29.2 Å². The van der Waals surface area contributed by atoms with Gasteiger partial charge in [-0.2, -0.15) is 15.0 Å². The van der Waals surface area contributed by atoms with Crippen molar-refractivity contribution in [2.45, 2.75) is 20.4 Å². The topological polar surface area (TPSA) is 57.2 Å². The van der Waals surface area contributed by atoms with Crippen molar-refractivity contribution in [2.75, 3.05) is 42.3 Å². The van der Waals surface area contributed by atoms with Gasteiger partial charge in [-0.1, -0.05) is 6.07 Å². The van der Waals surface area contributed by atoms with Crippen molar-refractivity contribution in [3.8, 4) is 0 Å². The van der Waals surface area contributed by atoms with E-state index in [-0.39, 0.29) is 0 Å². The van der Waals surface area contributed by atoms with E-state index < -0.39 is 0 Å². The average Bonchev–Trinajstić information content (AvgIpc) is 2.97. The molecule has 2 aromatic rings. The van der Waals surface area contributed by atoms with E-state index in [1.807, 2.05) is 25.9 Å². The Morgan fingerprint density at radius 2 is 1.90 bits per heavy atom. The lowest BCUT2D eigenvalue weighted by Gasteiger charge is -2.22. The summed E-state index contributed by atoms with van der Waals surface area (Å²) in [5, 5.41) is 5.26. The van der Waals surface area contributed by atoms with Gasteiger partial charge in [0, 0.05) is 32.1 Å². The molecule has 0 aromatic carbocycles. The normalized spacial score (nSPS) is 10.5. The number of nitrogens with zero attached hydrogens (tertiary/aromatic N) is 5. The summed E-state index contributed by atoms with van der Waals surface area (Å²) in [6.07, 6.45) is 0. The molecule has 0 saturated carbocycles. The molecule has 2 rings (SSSR count). The van der Waals surface area contributed by atoms with Gasteiger partial charge in [-0.05, 0) is 25.3 Å². The predicted molar refractivity (Wildman–Crippen MR) is 89.4 cm³/mol. The summed E-state index contributed by atoms with van der Waals surface area (Å²) in [7, 11) is 3.87. The Labute approximate surface area is 129 Å². The van der Waals surface area contributed by atoms with Gasteiger partial charge in [0.25, 0.3) is 0 Å². The first kappa shape index (κ1) is 15.5. The number of hydrogen-bond donors (Lipinski definition) is 1. The Hall–Kier alpha value is -1.89. The molecule has 0 aliphatic rings. The zero-order valence-corrected chi connectivity index (χ0v) is 13.8. The second kappa shape index (κ2) is 7.21. The van der Waals surface area contributed by atoms with Gasteiger partial charge >= 0.3 is 0 Å². The first-order valence-corrected chi connectivity index (χ1v) is 7.96. The van der Waals surface area contributed by atoms with Crippen LogP contribution in [-0.2, 0) is 6.54 Å². The standard InChI is InChI=1S/C14H22N6S/c1-5-15-12-16-13(19(3)4)18-14(17-12)20(6-2)10-11-8-7-9-21-11/h7-9H,5-6,10H2,1-4H3,(H,15,16,17,18). The molecule has 114 valence electrons. The molecule has 2 heterocycles. The van der Waals surface area contributed by atoms with Gasteiger partial charge < -0.3 is 15.1 Å². The van der Waals surface area contributed by atoms with Crippen molar-refractivity contribution < 1.29 is 0 Å². The monoisotopic (exact) mass is 306 g/mol. The van der Waals surface area contributed by atoms with Gasteiger partial charge in [-0.15, -0.1) is 11.3 Å². The molecule has 21 heavy (non-hydrogen) atoms. The maximum Gasteiger partial charge on any atom is 0.232 e. The molecule has 0 atom stereocenters. The largest absolute Gasteiger partial charge is 0.354 e. The van der Waals surface area contributed by atoms with E-state index >= 15 is 0 Å². The second-order valence-corrected chi connectivity index (χ2v) is 5.81. The van der Waals surface area contributed by atoms with Crippen LogP contribution < -0.4 is 15.1 Å². The fourth-order valence-corrected chi connectivity index (χ4v) is 2.57. The van der Waals surface area contributed by atoms with Gasteiger partial charge in [-0.3, -0.25) is 0 Å². The van der Waals surface area contributed by atoms with Crippen LogP contribution >= 0.6 is 11.3 Å². The van der Waals surface area contributed by atoms with Crippen LogP contribution in [0.25, 0.3) is 0 Å². The Morgan fingerprint density at radius 3 is 2.48 bits per heavy atom. The maximum absolute atomic E-state index is 4.56. The number of rotatable bonds is 7. The summed E-state index contributed by atoms with van der Waals surface area (Å²) >= 11 is 1.75. The first-order valence-electron chi connectivity index (χ1n) is 7.08. The molecule has 0 unspecified atom stereocenters. The highest BCUT2D eigenvalue weighted by atomic mass is 32.1. The summed E-state index contributed by atoms with van der Waals surface area (Å²) < 4.78 is 0. The lowest BCUT2D eigenvalue weighted by atomic mass is 10.4. The van der Waals surface area contributed by atoms with Crippen molar-refractivity contribution in [1.82, 2.24) is 15.0 Å². The van der Waals surface area contributed by atoms with Crippen LogP contribution in [-0.4, -0.2) is 42.1 Å². The summed E-state index contributed by atoms with van der Waals surface area (Å²) in [6, 6.07) is 4.20. The molecule has 0 aliphatic carbocycles. The number of thiophene rings is 1. The molecule has 2 aromatic heterocycles. The van der Waals surface area contributed by atoms with Crippen LogP contribution in [0.1, 0.15) is 18.7 Å². The van der Waals surface area contributed by atoms with Crippen molar-refractivity contribution in [2.24, 2.45) is 0 Å². The van der Waals surface area contributed by atoms with Crippen molar-refractivity contribution in [3.05, 3.63) is 22.4 Å². The SMILES string of the molecule is CCNc1nc(N(C)C)nc(N(CC)Cc2cccs2)n1. The summed E-state index contributed by atoms with van der Waals surface area (Å²) in [5.74, 6) is 2.00. The van der Waals surface area contributed by atoms with Crippen LogP contribution in [0.4, 0.5) is 17.8 Å². The highest BCUT2D eigenvalue weighted by Gasteiger charge is 2.14. The third kappa shape index (κ3) is 4.04. The molecular formula is C14H22N6S. The Kier molecular flexibility index (Phi) is 5.32. The smallest absolute Gasteiger partial charge is 0.232 e. The number of anilines is 3. The fourth-order valence-electron chi connectivity index (χ4n) is 1.85. The summed E-state index contributed by atoms with van der Waals surface area (Å²) in [5.41, 5.74) is 0. The minimum atomic E-state index is 0.621. The number of aromatic nitrogens is 3. The lowest BCUT2D eigenvalue weighted by Crippen LogP contribution is -2.26. The van der Waals surface area contributed by atoms with Gasteiger partial charge in [0.15, 0.2) is 0 Å². The van der Waals surface area contributed by atoms with E-state index in [1.54, 1.807) is 11.3 Å². The first-order chi connectivity index (χ1) is 10.1. The third-order valence-corrected chi connectivity index (χ3v) is 3.80. The Balaban J connectivity index is 2.30. The molecule has 0 bridgehead atoms. The van der Waals surface area contributed by atoms with Gasteiger partial charge in [0.2, 0.25) is 17.8 Å². The van der Waals surface area contributed by atoms with Crippen LogP contribution in [0, 0.1) is 0 Å². The number of nitrogens with one attached hydrogen (secondary N) is 1. The van der Waals surface area contributed by atoms with Gasteiger partial charge in [0.1, 0.15) is 0 Å². The highest BCUT2D eigenvalue weighted by molar-refractivity contribution is 7.09. The molecule has 7 heteroatoms. The third-order valence-electron chi connectivity index (χ3n) is 2.94. The Morgan fingerprint density at radius 1 is 1.14 bits per heavy atom. The minimum absolute atomic E-state index is 0.621. The van der Waals surface area contributed by atoms with Gasteiger partial charge in [-0.25, -0.2) is 0 Å². The summed E-state index contributed by atoms with van der Waals surface area (Å²) in [4.78, 5) is 18.8. The van der Waals surface area contributed by atoms with E-state index in [4.69, 9.17) is 0 Å². The van der Waals surface area contributed by atoms with E-state index in [9.17, 15) is 0 Å². The van der Waals surface area contributed by atoms with E-state index in [2.05, 4.69) is 49.6 Å². The van der Waals surface area contributed by atoms with Gasteiger partial charge in [0.05, 0.1) is 6.54 Å². The zero-order valence-electron chi connectivity index (χ0n) is 13.0. The van der Waals surface area contributed by atoms with Crippen molar-refractivity contribution in [1.29, 1.82) is 0 Å². The Bertz CT molecular complexity index is 555. The molecule has 0 spiro atoms. The summed E-state index contributed by atoms with van der Waals surface area (Å²) in [6.45, 7) is 6.59. The molecule has 0 saturated heterocycles. The molecule has 1 N–H and O–H groups in total. The maximum atomic E-state index is 4.56. The molecule has 0 amide bonds. The lowest BCUT2D eigenvalue weighted by molar-refractivity contribution is 0.787. The van der Waals surface area contributed by atoms with E-state index in [1.165, 1.54) is 4.88 Å². The van der Waals surface area contributed by atoms with Crippen LogP contribution in [0.2, 0.25) is 0 Å². The van der Waals surface area contributed by atoms with Crippen LogP contribution in [0.3, 0.4) is 0 Å². The molecule has 0 fully saturated rings. The number of hydrogen-bond acceptors (Lipinski definition) is 7. The zero-order chi connectivity index (χ0) is 15.2. The molecule has 0 aliphatic heterocycles. The van der Waals surface area contributed by atoms with Crippen molar-refractivity contribution in [3.63, 3.8) is 0 Å². The fraction of sp³-hybridized carbons (Fsp3) is 0.500. The predicted octanol–water partition coefficient (Wildman–Crippen LogP) is 2.46. The van der Waals surface area contributed by atoms with Crippen LogP contribution in [0.5, 0.6) is 0 Å². The molecule has 6 nitrogen and oxygen atoms in total. The minimum Gasteiger partial charge on any atom is -0.354 e. The van der Waals surface area contributed by atoms with Crippen LogP contribution in [0.15, 0.2) is 17.5 Å². The molecule has 0 radical (unpaired) electrons. The quantitative estimate of drug-likeness (QED) is 0.848.